The average Bonchev–Trinajstić information content (AvgIpc) is 2.69. The van der Waals surface area contributed by atoms with Gasteiger partial charge in [0.1, 0.15) is 0 Å². The zero-order chi connectivity index (χ0) is 19.6. The van der Waals surface area contributed by atoms with Gasteiger partial charge in [0.05, 0.1) is 12.6 Å². The smallest absolute Gasteiger partial charge is 0.242 e. The Morgan fingerprint density at radius 2 is 1.81 bits per heavy atom. The van der Waals surface area contributed by atoms with Gasteiger partial charge in [-0.1, -0.05) is 20.8 Å². The lowest BCUT2D eigenvalue weighted by Gasteiger charge is -2.34. The summed E-state index contributed by atoms with van der Waals surface area (Å²) in [6.07, 6.45) is 5.16. The molecule has 27 heavy (non-hydrogen) atoms. The van der Waals surface area contributed by atoms with E-state index < -0.39 is 0 Å². The Balaban J connectivity index is 1.77. The van der Waals surface area contributed by atoms with E-state index in [1.54, 1.807) is 23.4 Å². The minimum atomic E-state index is -0.246. The molecule has 1 aromatic rings. The van der Waals surface area contributed by atoms with Crippen LogP contribution in [-0.2, 0) is 9.59 Å². The molecule has 0 spiro atoms. The molecule has 2 rings (SSSR count). The molecule has 0 aromatic carbocycles. The minimum absolute atomic E-state index is 0.0447. The van der Waals surface area contributed by atoms with Gasteiger partial charge in [-0.05, 0) is 31.4 Å². The summed E-state index contributed by atoms with van der Waals surface area (Å²) in [4.78, 5) is 37.2. The normalized spacial score (nSPS) is 15.7. The van der Waals surface area contributed by atoms with Crippen LogP contribution in [0.5, 0.6) is 0 Å². The van der Waals surface area contributed by atoms with Crippen LogP contribution >= 0.6 is 0 Å². The van der Waals surface area contributed by atoms with Crippen LogP contribution in [0, 0.1) is 5.92 Å². The van der Waals surface area contributed by atoms with Crippen molar-refractivity contribution < 1.29 is 9.59 Å². The molecule has 1 saturated heterocycles. The molecule has 1 atom stereocenters. The number of nitrogens with zero attached hydrogens (tertiary/aromatic N) is 4. The van der Waals surface area contributed by atoms with Crippen molar-refractivity contribution in [3.8, 4) is 0 Å². The van der Waals surface area contributed by atoms with Gasteiger partial charge in [0.2, 0.25) is 17.8 Å². The van der Waals surface area contributed by atoms with Gasteiger partial charge in [-0.25, -0.2) is 9.97 Å². The van der Waals surface area contributed by atoms with Crippen molar-refractivity contribution >= 4 is 17.8 Å². The molecular weight excluding hydrogens is 344 g/mol. The first-order chi connectivity index (χ1) is 13.0. The molecule has 0 bridgehead atoms. The summed E-state index contributed by atoms with van der Waals surface area (Å²) in [6.45, 7) is 9.69. The number of piperazine rings is 1. The third kappa shape index (κ3) is 6.78. The Morgan fingerprint density at radius 1 is 1.15 bits per heavy atom. The van der Waals surface area contributed by atoms with Gasteiger partial charge in [0.25, 0.3) is 0 Å². The quantitative estimate of drug-likeness (QED) is 0.658. The molecule has 1 aliphatic heterocycles. The lowest BCUT2D eigenvalue weighted by atomic mass is 10.0. The van der Waals surface area contributed by atoms with Gasteiger partial charge >= 0.3 is 0 Å². The van der Waals surface area contributed by atoms with Crippen LogP contribution in [0.3, 0.4) is 0 Å². The topological polar surface area (TPSA) is 90.5 Å². The third-order valence-corrected chi connectivity index (χ3v) is 4.55. The second-order valence-electron chi connectivity index (χ2n) is 7.27. The fraction of sp³-hybridized carbons (Fsp3) is 0.684. The molecule has 0 radical (unpaired) electrons. The van der Waals surface area contributed by atoms with E-state index in [4.69, 9.17) is 0 Å². The van der Waals surface area contributed by atoms with Crippen LogP contribution in [-0.4, -0.2) is 72.0 Å². The molecule has 8 nitrogen and oxygen atoms in total. The van der Waals surface area contributed by atoms with Crippen LogP contribution in [0.2, 0.25) is 0 Å². The summed E-state index contributed by atoms with van der Waals surface area (Å²) >= 11 is 0. The minimum Gasteiger partial charge on any atom is -0.346 e. The predicted octanol–water partition coefficient (Wildman–Crippen LogP) is 0.656. The van der Waals surface area contributed by atoms with Crippen molar-refractivity contribution in [1.82, 2.24) is 25.5 Å². The van der Waals surface area contributed by atoms with E-state index in [1.807, 2.05) is 0 Å². The summed E-state index contributed by atoms with van der Waals surface area (Å²) in [5.74, 6) is 0.961. The van der Waals surface area contributed by atoms with Crippen LogP contribution in [0.1, 0.15) is 33.6 Å². The second-order valence-corrected chi connectivity index (χ2v) is 7.27. The van der Waals surface area contributed by atoms with Gasteiger partial charge in [0.15, 0.2) is 0 Å². The van der Waals surface area contributed by atoms with Gasteiger partial charge in [-0.2, -0.15) is 0 Å². The van der Waals surface area contributed by atoms with Gasteiger partial charge in [0, 0.05) is 38.6 Å². The molecule has 2 amide bonds. The zero-order valence-electron chi connectivity index (χ0n) is 16.6. The zero-order valence-corrected chi connectivity index (χ0v) is 16.6. The van der Waals surface area contributed by atoms with Gasteiger partial charge < -0.3 is 20.4 Å². The number of amides is 2. The fourth-order valence-electron chi connectivity index (χ4n) is 3.08. The van der Waals surface area contributed by atoms with E-state index in [2.05, 4.69) is 46.3 Å². The first-order valence-electron chi connectivity index (χ1n) is 9.82. The Labute approximate surface area is 161 Å². The number of carbonyl (C=O) groups excluding carboxylic acids is 2. The number of hydrogen-bond acceptors (Lipinski definition) is 6. The largest absolute Gasteiger partial charge is 0.346 e. The van der Waals surface area contributed by atoms with E-state index >= 15 is 0 Å². The van der Waals surface area contributed by atoms with E-state index in [-0.39, 0.29) is 24.4 Å². The second kappa shape index (κ2) is 10.8. The number of anilines is 1. The molecular formula is C19H32N6O2. The summed E-state index contributed by atoms with van der Waals surface area (Å²) in [7, 11) is 0. The lowest BCUT2D eigenvalue weighted by molar-refractivity contribution is -0.133. The molecule has 1 fully saturated rings. The number of nitrogens with one attached hydrogen (secondary N) is 2. The first-order valence-corrected chi connectivity index (χ1v) is 9.82. The van der Waals surface area contributed by atoms with Crippen molar-refractivity contribution in [2.75, 3.05) is 44.2 Å². The highest BCUT2D eigenvalue weighted by molar-refractivity contribution is 5.87. The number of aromatic nitrogens is 2. The highest BCUT2D eigenvalue weighted by Crippen LogP contribution is 2.10. The van der Waals surface area contributed by atoms with E-state index in [9.17, 15) is 9.59 Å². The van der Waals surface area contributed by atoms with Crippen molar-refractivity contribution in [2.45, 2.75) is 39.7 Å². The maximum atomic E-state index is 12.4. The first kappa shape index (κ1) is 21.1. The highest BCUT2D eigenvalue weighted by Gasteiger charge is 2.24. The molecule has 0 aliphatic carbocycles. The molecule has 0 saturated carbocycles. The predicted molar refractivity (Wildman–Crippen MR) is 105 cm³/mol. The number of carbonyl (C=O) groups is 2. The van der Waals surface area contributed by atoms with Crippen molar-refractivity contribution in [3.63, 3.8) is 0 Å². The van der Waals surface area contributed by atoms with E-state index in [1.165, 1.54) is 0 Å². The van der Waals surface area contributed by atoms with Crippen molar-refractivity contribution in [3.05, 3.63) is 18.5 Å². The van der Waals surface area contributed by atoms with Gasteiger partial charge in [-0.3, -0.25) is 9.59 Å². The molecule has 8 heteroatoms. The van der Waals surface area contributed by atoms with E-state index in [0.717, 1.165) is 19.4 Å². The highest BCUT2D eigenvalue weighted by atomic mass is 16.2. The molecule has 2 heterocycles. The summed E-state index contributed by atoms with van der Waals surface area (Å²) in [6, 6.07) is 1.54. The average molecular weight is 377 g/mol. The Kier molecular flexibility index (Phi) is 8.44. The van der Waals surface area contributed by atoms with Crippen molar-refractivity contribution in [2.24, 2.45) is 5.92 Å². The third-order valence-electron chi connectivity index (χ3n) is 4.55. The molecule has 0 unspecified atom stereocenters. The SMILES string of the molecule is CCCN[C@@H](CC(C)C)C(=O)NCC(=O)N1CCN(c2ncccn2)CC1. The number of rotatable bonds is 9. The Bertz CT molecular complexity index is 587. The van der Waals surface area contributed by atoms with Gasteiger partial charge in [-0.15, -0.1) is 0 Å². The maximum absolute atomic E-state index is 12.4. The molecule has 2 N–H and O–H groups in total. The van der Waals surface area contributed by atoms with Crippen molar-refractivity contribution in [1.29, 1.82) is 0 Å². The molecule has 1 aromatic heterocycles. The fourth-order valence-corrected chi connectivity index (χ4v) is 3.08. The summed E-state index contributed by atoms with van der Waals surface area (Å²) in [5, 5.41) is 6.08. The molecule has 1 aliphatic rings. The van der Waals surface area contributed by atoms with Crippen LogP contribution in [0.25, 0.3) is 0 Å². The maximum Gasteiger partial charge on any atom is 0.242 e. The monoisotopic (exact) mass is 376 g/mol. The standard InChI is InChI=1S/C19H32N6O2/c1-4-6-20-16(13-15(2)3)18(27)23-14-17(26)24-9-11-25(12-10-24)19-21-7-5-8-22-19/h5,7-8,15-16,20H,4,6,9-14H2,1-3H3,(H,23,27)/t16-/m0/s1. The van der Waals surface area contributed by atoms with E-state index in [0.29, 0.717) is 38.0 Å². The summed E-state index contributed by atoms with van der Waals surface area (Å²) in [5.41, 5.74) is 0. The molecule has 150 valence electrons. The van der Waals surface area contributed by atoms with Crippen LogP contribution in [0.15, 0.2) is 18.5 Å². The lowest BCUT2D eigenvalue weighted by Crippen LogP contribution is -2.53. The Hall–Kier alpha value is -2.22. The van der Waals surface area contributed by atoms with Crippen LogP contribution < -0.4 is 15.5 Å². The number of hydrogen-bond donors (Lipinski definition) is 2. The Morgan fingerprint density at radius 3 is 2.41 bits per heavy atom. The van der Waals surface area contributed by atoms with Crippen LogP contribution in [0.4, 0.5) is 5.95 Å². The summed E-state index contributed by atoms with van der Waals surface area (Å²) < 4.78 is 0.